The lowest BCUT2D eigenvalue weighted by Crippen LogP contribution is -2.18. The van der Waals surface area contributed by atoms with Crippen LogP contribution in [0.1, 0.15) is 12.7 Å². The van der Waals surface area contributed by atoms with E-state index in [1.165, 1.54) is 24.3 Å². The van der Waals surface area contributed by atoms with Crippen LogP contribution in [0.3, 0.4) is 0 Å². The molecule has 0 aliphatic heterocycles. The Labute approximate surface area is 131 Å². The second-order valence-corrected chi connectivity index (χ2v) is 4.96. The third-order valence-electron chi connectivity index (χ3n) is 2.99. The molecule has 1 aromatic carbocycles. The summed E-state index contributed by atoms with van der Waals surface area (Å²) in [5.74, 6) is -1.25. The third-order valence-corrected chi connectivity index (χ3v) is 2.99. The number of aromatic nitrogens is 4. The topological polar surface area (TPSA) is 52.3 Å². The van der Waals surface area contributed by atoms with Crippen molar-refractivity contribution in [3.05, 3.63) is 42.5 Å². The highest BCUT2D eigenvalue weighted by molar-refractivity contribution is 5.60. The minimum atomic E-state index is -4.66. The fourth-order valence-electron chi connectivity index (χ4n) is 2.04. The second kappa shape index (κ2) is 5.39. The Bertz CT molecular complexity index is 867. The van der Waals surface area contributed by atoms with Crippen LogP contribution in [-0.4, -0.2) is 25.7 Å². The first-order valence-electron chi connectivity index (χ1n) is 6.59. The number of hydrogen-bond donors (Lipinski definition) is 0. The molecule has 0 saturated heterocycles. The van der Waals surface area contributed by atoms with Gasteiger partial charge in [-0.25, -0.2) is 0 Å². The highest BCUT2D eigenvalue weighted by atomic mass is 19.4. The van der Waals surface area contributed by atoms with E-state index in [-0.39, 0.29) is 17.1 Å². The van der Waals surface area contributed by atoms with Crippen molar-refractivity contribution in [2.24, 2.45) is 0 Å². The summed E-state index contributed by atoms with van der Waals surface area (Å²) in [5.41, 5.74) is 0.560. The fraction of sp³-hybridized carbons (Fsp3) is 0.214. The number of ether oxygens (including phenoxy) is 1. The van der Waals surface area contributed by atoms with E-state index < -0.39 is 18.1 Å². The highest BCUT2D eigenvalue weighted by Gasteiger charge is 2.37. The van der Waals surface area contributed by atoms with Crippen LogP contribution in [-0.2, 0) is 6.18 Å². The van der Waals surface area contributed by atoms with Gasteiger partial charge in [-0.2, -0.15) is 22.0 Å². The lowest BCUT2D eigenvalue weighted by atomic mass is 10.1. The molecule has 126 valence electrons. The summed E-state index contributed by atoms with van der Waals surface area (Å²) in [6, 6.07) is 5.37. The molecule has 0 unspecified atom stereocenters. The van der Waals surface area contributed by atoms with E-state index >= 15 is 0 Å². The Kier molecular flexibility index (Phi) is 3.61. The Balaban J connectivity index is 1.97. The molecule has 3 rings (SSSR count). The maximum absolute atomic E-state index is 12.9. The molecule has 3 aromatic rings. The first kappa shape index (κ1) is 16.1. The lowest BCUT2D eigenvalue weighted by Gasteiger charge is -2.13. The molecule has 5 nitrogen and oxygen atoms in total. The SMILES string of the molecule is CC(F)(F)Oc1ccc(-c2cn3c(C(F)(F)F)nnc3cn2)cc1. The van der Waals surface area contributed by atoms with Crippen LogP contribution in [0, 0.1) is 0 Å². The molecule has 0 radical (unpaired) electrons. The van der Waals surface area contributed by atoms with Crippen LogP contribution in [0.25, 0.3) is 16.9 Å². The van der Waals surface area contributed by atoms with Crippen LogP contribution >= 0.6 is 0 Å². The van der Waals surface area contributed by atoms with E-state index in [1.807, 2.05) is 0 Å². The van der Waals surface area contributed by atoms with Gasteiger partial charge in [0.25, 0.3) is 0 Å². The van der Waals surface area contributed by atoms with Gasteiger partial charge < -0.3 is 4.74 Å². The number of nitrogens with zero attached hydrogens (tertiary/aromatic N) is 4. The molecule has 0 fully saturated rings. The molecule has 0 aliphatic rings. The number of alkyl halides is 5. The molecule has 0 bridgehead atoms. The van der Waals surface area contributed by atoms with Gasteiger partial charge in [-0.15, -0.1) is 10.2 Å². The molecular weight excluding hydrogens is 335 g/mol. The van der Waals surface area contributed by atoms with Crippen molar-refractivity contribution in [3.8, 4) is 17.0 Å². The first-order chi connectivity index (χ1) is 11.1. The van der Waals surface area contributed by atoms with Gasteiger partial charge in [0.05, 0.1) is 11.9 Å². The van der Waals surface area contributed by atoms with Crippen LogP contribution in [0.2, 0.25) is 0 Å². The summed E-state index contributed by atoms with van der Waals surface area (Å²) in [6.07, 6.45) is -5.73. The highest BCUT2D eigenvalue weighted by Crippen LogP contribution is 2.29. The molecule has 0 N–H and O–H groups in total. The van der Waals surface area contributed by atoms with Crippen molar-refractivity contribution < 1.29 is 26.7 Å². The summed E-state index contributed by atoms with van der Waals surface area (Å²) in [4.78, 5) is 4.00. The van der Waals surface area contributed by atoms with Crippen molar-refractivity contribution in [1.29, 1.82) is 0 Å². The minimum Gasteiger partial charge on any atom is -0.433 e. The summed E-state index contributed by atoms with van der Waals surface area (Å²) in [6.45, 7) is 0.598. The predicted molar refractivity (Wildman–Crippen MR) is 72.5 cm³/mol. The average Bonchev–Trinajstić information content (AvgIpc) is 2.89. The van der Waals surface area contributed by atoms with Crippen molar-refractivity contribution in [3.63, 3.8) is 0 Å². The van der Waals surface area contributed by atoms with Crippen LogP contribution < -0.4 is 4.74 Å². The Morgan fingerprint density at radius 2 is 1.67 bits per heavy atom. The van der Waals surface area contributed by atoms with Crippen molar-refractivity contribution in [2.45, 2.75) is 19.2 Å². The van der Waals surface area contributed by atoms with Gasteiger partial charge in [-0.1, -0.05) is 0 Å². The van der Waals surface area contributed by atoms with Gasteiger partial charge >= 0.3 is 12.3 Å². The zero-order valence-electron chi connectivity index (χ0n) is 12.1. The molecule has 0 saturated carbocycles. The maximum Gasteiger partial charge on any atom is 0.452 e. The standard InChI is InChI=1S/C14H9F5N4O/c1-13(15,16)24-9-4-2-8(3-5-9)10-7-23-11(6-20-10)21-22-12(23)14(17,18)19/h2-7H,1H3. The molecule has 0 aliphatic carbocycles. The number of hydrogen-bond acceptors (Lipinski definition) is 4. The third kappa shape index (κ3) is 3.26. The number of rotatable bonds is 3. The van der Waals surface area contributed by atoms with Crippen LogP contribution in [0.15, 0.2) is 36.7 Å². The van der Waals surface area contributed by atoms with E-state index in [0.29, 0.717) is 12.5 Å². The quantitative estimate of drug-likeness (QED) is 0.678. The van der Waals surface area contributed by atoms with Crippen molar-refractivity contribution in [2.75, 3.05) is 0 Å². The minimum absolute atomic E-state index is 0.0587. The number of halogens is 5. The molecule has 0 spiro atoms. The van der Waals surface area contributed by atoms with Gasteiger partial charge in [0.2, 0.25) is 5.82 Å². The zero-order chi connectivity index (χ0) is 17.5. The van der Waals surface area contributed by atoms with Crippen molar-refractivity contribution in [1.82, 2.24) is 19.6 Å². The molecule has 2 heterocycles. The maximum atomic E-state index is 12.9. The van der Waals surface area contributed by atoms with Gasteiger partial charge in [0, 0.05) is 18.7 Å². The van der Waals surface area contributed by atoms with Gasteiger partial charge in [-0.05, 0) is 24.3 Å². The zero-order valence-corrected chi connectivity index (χ0v) is 12.1. The van der Waals surface area contributed by atoms with Gasteiger partial charge in [0.1, 0.15) is 5.75 Å². The average molecular weight is 344 g/mol. The van der Waals surface area contributed by atoms with E-state index in [4.69, 9.17) is 0 Å². The van der Waals surface area contributed by atoms with Gasteiger partial charge in [-0.3, -0.25) is 9.38 Å². The molecule has 10 heteroatoms. The van der Waals surface area contributed by atoms with Crippen LogP contribution in [0.4, 0.5) is 22.0 Å². The monoisotopic (exact) mass is 344 g/mol. The Morgan fingerprint density at radius 1 is 1.00 bits per heavy atom. The Hall–Kier alpha value is -2.78. The van der Waals surface area contributed by atoms with Gasteiger partial charge in [0.15, 0.2) is 5.65 Å². The van der Waals surface area contributed by atoms with E-state index in [9.17, 15) is 22.0 Å². The smallest absolute Gasteiger partial charge is 0.433 e. The number of benzene rings is 1. The fourth-order valence-corrected chi connectivity index (χ4v) is 2.04. The number of fused-ring (bicyclic) bond motifs is 1. The normalized spacial score (nSPS) is 12.6. The first-order valence-corrected chi connectivity index (χ1v) is 6.59. The summed E-state index contributed by atoms with van der Waals surface area (Å²) >= 11 is 0. The largest absolute Gasteiger partial charge is 0.452 e. The molecule has 24 heavy (non-hydrogen) atoms. The summed E-state index contributed by atoms with van der Waals surface area (Å²) < 4.78 is 69.3. The lowest BCUT2D eigenvalue weighted by molar-refractivity contribution is -0.159. The van der Waals surface area contributed by atoms with E-state index in [2.05, 4.69) is 19.9 Å². The van der Waals surface area contributed by atoms with E-state index in [1.54, 1.807) is 0 Å². The van der Waals surface area contributed by atoms with E-state index in [0.717, 1.165) is 16.8 Å². The predicted octanol–water partition coefficient (Wildman–Crippen LogP) is 3.80. The summed E-state index contributed by atoms with van der Waals surface area (Å²) in [5, 5.41) is 6.50. The molecule has 0 amide bonds. The molecular formula is C14H9F5N4O. The Morgan fingerprint density at radius 3 is 2.25 bits per heavy atom. The van der Waals surface area contributed by atoms with Crippen molar-refractivity contribution >= 4 is 5.65 Å². The second-order valence-electron chi connectivity index (χ2n) is 4.96. The van der Waals surface area contributed by atoms with Crippen LogP contribution in [0.5, 0.6) is 5.75 Å². The molecule has 0 atom stereocenters. The summed E-state index contributed by atoms with van der Waals surface area (Å²) in [7, 11) is 0. The molecule has 2 aromatic heterocycles.